The fourth-order valence-corrected chi connectivity index (χ4v) is 4.93. The molecule has 1 aliphatic rings. The van der Waals surface area contributed by atoms with Crippen LogP contribution in [0.3, 0.4) is 0 Å². The maximum absolute atomic E-state index is 15.7. The quantitative estimate of drug-likeness (QED) is 0.374. The minimum Gasteiger partial charge on any atom is -0.389 e. The Kier molecular flexibility index (Phi) is 6.96. The molecule has 0 bridgehead atoms. The number of aliphatic hydroxyl groups is 1. The molecule has 0 amide bonds. The summed E-state index contributed by atoms with van der Waals surface area (Å²) < 4.78 is 46.7. The minimum absolute atomic E-state index is 0.0180. The molecule has 0 saturated carbocycles. The lowest BCUT2D eigenvalue weighted by atomic mass is 9.93. The van der Waals surface area contributed by atoms with E-state index < -0.39 is 23.2 Å². The molecule has 1 saturated heterocycles. The van der Waals surface area contributed by atoms with Gasteiger partial charge in [-0.25, -0.2) is 18.4 Å². The van der Waals surface area contributed by atoms with Gasteiger partial charge in [-0.2, -0.15) is 20.0 Å². The highest BCUT2D eigenvalue weighted by atomic mass is 19.1. The molecule has 5 rings (SSSR count). The Morgan fingerprint density at radius 1 is 1.02 bits per heavy atom. The van der Waals surface area contributed by atoms with E-state index in [1.165, 1.54) is 38.1 Å². The number of pyridine rings is 1. The van der Waals surface area contributed by atoms with Crippen molar-refractivity contribution in [2.75, 3.05) is 18.0 Å². The number of nitrogens with two attached hydrogens (primary N) is 1. The third-order valence-electron chi connectivity index (χ3n) is 6.92. The van der Waals surface area contributed by atoms with Crippen molar-refractivity contribution < 1.29 is 18.3 Å². The van der Waals surface area contributed by atoms with Crippen molar-refractivity contribution in [1.29, 1.82) is 10.5 Å². The van der Waals surface area contributed by atoms with Crippen molar-refractivity contribution in [3.63, 3.8) is 0 Å². The first kappa shape index (κ1) is 27.1. The molecule has 1 aliphatic heterocycles. The number of benzene rings is 2. The number of fused-ring (bicyclic) bond motifs is 1. The molecule has 40 heavy (non-hydrogen) atoms. The number of aromatic nitrogens is 3. The number of hydrogen-bond donors (Lipinski definition) is 2. The normalized spacial score (nSPS) is 14.4. The van der Waals surface area contributed by atoms with Gasteiger partial charge in [0.05, 0.1) is 45.9 Å². The molecule has 4 aromatic rings. The van der Waals surface area contributed by atoms with Gasteiger partial charge in [0.25, 0.3) is 0 Å². The molecule has 0 atom stereocenters. The zero-order valence-corrected chi connectivity index (χ0v) is 21.9. The summed E-state index contributed by atoms with van der Waals surface area (Å²) >= 11 is 0. The summed E-state index contributed by atoms with van der Waals surface area (Å²) in [5, 5.41) is 33.6. The summed E-state index contributed by atoms with van der Waals surface area (Å²) in [6, 6.07) is 11.6. The van der Waals surface area contributed by atoms with Gasteiger partial charge in [0.1, 0.15) is 23.5 Å². The standard InChI is InChI=1S/C29H26F3N7O/c1-29(2,40)15-39-28(32)21-11-20(23(31)12-24(21)37-39)26-18(14-34)10-25(38-7-5-19(35)6-8-38)36-27(26)16-3-4-17(13-33)22(30)9-16/h3-4,9-12,19,40H,5-8,15,35H2,1-2H3. The average Bonchev–Trinajstić information content (AvgIpc) is 3.20. The molecule has 8 nitrogen and oxygen atoms in total. The third kappa shape index (κ3) is 5.09. The van der Waals surface area contributed by atoms with Crippen LogP contribution in [-0.4, -0.2) is 44.6 Å². The van der Waals surface area contributed by atoms with Gasteiger partial charge in [0.2, 0.25) is 5.95 Å². The van der Waals surface area contributed by atoms with Gasteiger partial charge in [0, 0.05) is 41.9 Å². The van der Waals surface area contributed by atoms with Gasteiger partial charge < -0.3 is 15.7 Å². The molecule has 1 fully saturated rings. The fourth-order valence-electron chi connectivity index (χ4n) is 4.93. The number of nitriles is 2. The Hall–Kier alpha value is -4.45. The predicted octanol–water partition coefficient (Wildman–Crippen LogP) is 4.62. The summed E-state index contributed by atoms with van der Waals surface area (Å²) in [6.07, 6.45) is 1.43. The lowest BCUT2D eigenvalue weighted by Crippen LogP contribution is -2.40. The van der Waals surface area contributed by atoms with E-state index in [0.717, 1.165) is 16.8 Å². The fraction of sp³-hybridized carbons (Fsp3) is 0.310. The van der Waals surface area contributed by atoms with E-state index in [1.54, 1.807) is 6.07 Å². The highest BCUT2D eigenvalue weighted by Gasteiger charge is 2.26. The van der Waals surface area contributed by atoms with Crippen LogP contribution in [0.4, 0.5) is 19.0 Å². The zero-order chi connectivity index (χ0) is 28.8. The van der Waals surface area contributed by atoms with Gasteiger partial charge in [0.15, 0.2) is 0 Å². The predicted molar refractivity (Wildman–Crippen MR) is 143 cm³/mol. The van der Waals surface area contributed by atoms with Crippen LogP contribution in [0.25, 0.3) is 33.3 Å². The smallest absolute Gasteiger partial charge is 0.219 e. The van der Waals surface area contributed by atoms with Crippen molar-refractivity contribution in [3.8, 4) is 34.5 Å². The lowest BCUT2D eigenvalue weighted by molar-refractivity contribution is 0.0541. The van der Waals surface area contributed by atoms with Crippen LogP contribution in [0.2, 0.25) is 0 Å². The van der Waals surface area contributed by atoms with E-state index in [4.69, 9.17) is 10.7 Å². The maximum Gasteiger partial charge on any atom is 0.219 e. The first-order chi connectivity index (χ1) is 19.0. The summed E-state index contributed by atoms with van der Waals surface area (Å²) in [6.45, 7) is 4.00. The molecule has 3 heterocycles. The van der Waals surface area contributed by atoms with E-state index >= 15 is 8.78 Å². The Morgan fingerprint density at radius 2 is 1.73 bits per heavy atom. The summed E-state index contributed by atoms with van der Waals surface area (Å²) in [5.41, 5.74) is 4.94. The number of piperidine rings is 1. The highest BCUT2D eigenvalue weighted by Crippen LogP contribution is 2.39. The van der Waals surface area contributed by atoms with Gasteiger partial charge >= 0.3 is 0 Å². The molecule has 3 N–H and O–H groups in total. The Bertz CT molecular complexity index is 1700. The van der Waals surface area contributed by atoms with Crippen LogP contribution in [-0.2, 0) is 6.54 Å². The van der Waals surface area contributed by atoms with E-state index in [0.29, 0.717) is 31.7 Å². The monoisotopic (exact) mass is 545 g/mol. The van der Waals surface area contributed by atoms with Crippen molar-refractivity contribution >= 4 is 16.7 Å². The van der Waals surface area contributed by atoms with E-state index in [1.807, 2.05) is 4.90 Å². The number of rotatable bonds is 5. The Labute approximate surface area is 228 Å². The van der Waals surface area contributed by atoms with Crippen molar-refractivity contribution in [1.82, 2.24) is 14.8 Å². The molecule has 0 aliphatic carbocycles. The largest absolute Gasteiger partial charge is 0.389 e. The van der Waals surface area contributed by atoms with Crippen LogP contribution in [0.1, 0.15) is 37.8 Å². The van der Waals surface area contributed by atoms with Crippen molar-refractivity contribution in [3.05, 3.63) is 65.1 Å². The SMILES string of the molecule is CC(C)(O)Cn1nc2cc(F)c(-c3c(C#N)cc(N4CCC(N)CC4)nc3-c3ccc(C#N)c(F)c3)cc2c1F. The number of halogens is 3. The second kappa shape index (κ2) is 10.3. The molecular weight excluding hydrogens is 519 g/mol. The number of anilines is 1. The van der Waals surface area contributed by atoms with Crippen LogP contribution in [0.5, 0.6) is 0 Å². The third-order valence-corrected chi connectivity index (χ3v) is 6.92. The zero-order valence-electron chi connectivity index (χ0n) is 21.9. The minimum atomic E-state index is -1.27. The first-order valence-electron chi connectivity index (χ1n) is 12.7. The van der Waals surface area contributed by atoms with Gasteiger partial charge in [-0.3, -0.25) is 0 Å². The molecule has 2 aromatic heterocycles. The van der Waals surface area contributed by atoms with Crippen LogP contribution < -0.4 is 10.6 Å². The summed E-state index contributed by atoms with van der Waals surface area (Å²) in [5.74, 6) is -1.92. The van der Waals surface area contributed by atoms with Crippen molar-refractivity contribution in [2.24, 2.45) is 5.73 Å². The second-order valence-corrected chi connectivity index (χ2v) is 10.6. The van der Waals surface area contributed by atoms with E-state index in [-0.39, 0.29) is 57.0 Å². The number of hydrogen-bond acceptors (Lipinski definition) is 7. The summed E-state index contributed by atoms with van der Waals surface area (Å²) in [4.78, 5) is 6.70. The lowest BCUT2D eigenvalue weighted by Gasteiger charge is -2.31. The second-order valence-electron chi connectivity index (χ2n) is 10.6. The molecule has 0 unspecified atom stereocenters. The topological polar surface area (TPSA) is 128 Å². The molecule has 0 spiro atoms. The molecular formula is C29H26F3N7O. The van der Waals surface area contributed by atoms with Gasteiger partial charge in [-0.05, 0) is 51.0 Å². The first-order valence-corrected chi connectivity index (χ1v) is 12.7. The molecule has 2 aromatic carbocycles. The van der Waals surface area contributed by atoms with Crippen LogP contribution in [0, 0.1) is 40.2 Å². The van der Waals surface area contributed by atoms with Crippen LogP contribution in [0.15, 0.2) is 36.4 Å². The molecule has 204 valence electrons. The highest BCUT2D eigenvalue weighted by molar-refractivity contribution is 5.92. The Morgan fingerprint density at radius 3 is 2.35 bits per heavy atom. The van der Waals surface area contributed by atoms with Gasteiger partial charge in [-0.15, -0.1) is 0 Å². The Balaban J connectivity index is 1.75. The maximum atomic E-state index is 15.7. The average molecular weight is 546 g/mol. The molecule has 0 radical (unpaired) electrons. The number of nitrogens with zero attached hydrogens (tertiary/aromatic N) is 6. The molecule has 11 heteroatoms. The van der Waals surface area contributed by atoms with Gasteiger partial charge in [-0.1, -0.05) is 6.07 Å². The van der Waals surface area contributed by atoms with E-state index in [9.17, 15) is 20.0 Å². The van der Waals surface area contributed by atoms with Crippen molar-refractivity contribution in [2.45, 2.75) is 44.9 Å². The van der Waals surface area contributed by atoms with Crippen LogP contribution >= 0.6 is 0 Å². The summed E-state index contributed by atoms with van der Waals surface area (Å²) in [7, 11) is 0. The van der Waals surface area contributed by atoms with E-state index in [2.05, 4.69) is 11.2 Å².